The number of carbonyl (C=O) groups is 1. The van der Waals surface area contributed by atoms with Gasteiger partial charge < -0.3 is 9.73 Å². The number of hydrogen-bond donors (Lipinski definition) is 1. The Morgan fingerprint density at radius 1 is 1.30 bits per heavy atom. The maximum Gasteiger partial charge on any atom is 0.244 e. The zero-order valence-corrected chi connectivity index (χ0v) is 11.7. The second-order valence-corrected chi connectivity index (χ2v) is 5.43. The Kier molecular flexibility index (Phi) is 3.59. The Morgan fingerprint density at radius 3 is 2.80 bits per heavy atom. The quantitative estimate of drug-likeness (QED) is 0.852. The van der Waals surface area contributed by atoms with Gasteiger partial charge in [-0.25, -0.2) is 0 Å². The van der Waals surface area contributed by atoms with Gasteiger partial charge in [-0.15, -0.1) is 0 Å². The van der Waals surface area contributed by atoms with E-state index in [0.717, 1.165) is 29.6 Å². The van der Waals surface area contributed by atoms with Gasteiger partial charge in [0, 0.05) is 11.5 Å². The van der Waals surface area contributed by atoms with Gasteiger partial charge in [-0.1, -0.05) is 23.8 Å². The van der Waals surface area contributed by atoms with Crippen molar-refractivity contribution in [1.82, 2.24) is 5.32 Å². The van der Waals surface area contributed by atoms with Gasteiger partial charge in [-0.2, -0.15) is 0 Å². The number of benzene rings is 1. The summed E-state index contributed by atoms with van der Waals surface area (Å²) in [6, 6.07) is 9.75. The number of fused-ring (bicyclic) bond motifs is 1. The molecule has 1 aromatic heterocycles. The van der Waals surface area contributed by atoms with E-state index in [1.165, 1.54) is 18.4 Å². The molecular weight excluding hydrogens is 250 g/mol. The molecule has 1 aliphatic carbocycles. The average molecular weight is 269 g/mol. The van der Waals surface area contributed by atoms with Gasteiger partial charge in [0.1, 0.15) is 11.3 Å². The van der Waals surface area contributed by atoms with Gasteiger partial charge >= 0.3 is 0 Å². The molecule has 0 radical (unpaired) electrons. The van der Waals surface area contributed by atoms with Crippen molar-refractivity contribution in [1.29, 1.82) is 0 Å². The molecule has 2 aromatic rings. The summed E-state index contributed by atoms with van der Waals surface area (Å²) in [5, 5.41) is 4.04. The number of nitrogens with one attached hydrogen (secondary N) is 1. The molecule has 1 fully saturated rings. The number of para-hydroxylation sites is 1. The first kappa shape index (κ1) is 13.0. The van der Waals surface area contributed by atoms with Crippen molar-refractivity contribution >= 4 is 16.9 Å². The summed E-state index contributed by atoms with van der Waals surface area (Å²) in [7, 11) is 0. The lowest BCUT2D eigenvalue weighted by molar-refractivity contribution is -0.117. The maximum absolute atomic E-state index is 12.0. The van der Waals surface area contributed by atoms with Crippen LogP contribution in [-0.2, 0) is 4.79 Å². The minimum absolute atomic E-state index is 0.0187. The van der Waals surface area contributed by atoms with Crippen LogP contribution in [0.5, 0.6) is 0 Å². The lowest BCUT2D eigenvalue weighted by atomic mass is 10.2. The summed E-state index contributed by atoms with van der Waals surface area (Å²) >= 11 is 0. The third-order valence-corrected chi connectivity index (χ3v) is 3.81. The second-order valence-electron chi connectivity index (χ2n) is 5.43. The molecule has 0 aliphatic heterocycles. The largest absolute Gasteiger partial charge is 0.459 e. The molecule has 1 aromatic carbocycles. The topological polar surface area (TPSA) is 42.2 Å². The van der Waals surface area contributed by atoms with Crippen LogP contribution in [0.3, 0.4) is 0 Å². The number of furan rings is 1. The molecule has 1 atom stereocenters. The van der Waals surface area contributed by atoms with Crippen molar-refractivity contribution in [2.24, 2.45) is 0 Å². The predicted molar refractivity (Wildman–Crippen MR) is 79.3 cm³/mol. The molecule has 0 unspecified atom stereocenters. The lowest BCUT2D eigenvalue weighted by Crippen LogP contribution is -2.24. The Labute approximate surface area is 118 Å². The third-order valence-electron chi connectivity index (χ3n) is 3.81. The van der Waals surface area contributed by atoms with E-state index in [1.54, 1.807) is 6.08 Å². The molecule has 0 saturated heterocycles. The first-order valence-corrected chi connectivity index (χ1v) is 7.21. The second kappa shape index (κ2) is 5.53. The molecule has 1 heterocycles. The fourth-order valence-electron chi connectivity index (χ4n) is 2.70. The van der Waals surface area contributed by atoms with Crippen molar-refractivity contribution in [3.8, 4) is 0 Å². The standard InChI is InChI=1S/C17H19NO2/c1-12(18-17(19)10-13-6-2-3-7-13)16-11-14-8-4-5-9-15(14)20-16/h4-5,8-12H,2-3,6-7H2,1H3,(H,18,19)/t12-/m1/s1. The van der Waals surface area contributed by atoms with Crippen molar-refractivity contribution in [2.75, 3.05) is 0 Å². The van der Waals surface area contributed by atoms with E-state index in [0.29, 0.717) is 0 Å². The maximum atomic E-state index is 12.0. The fraction of sp³-hybridized carbons (Fsp3) is 0.353. The number of amides is 1. The summed E-state index contributed by atoms with van der Waals surface area (Å²) in [6.45, 7) is 1.95. The number of carbonyl (C=O) groups excluding carboxylic acids is 1. The molecule has 1 amide bonds. The highest BCUT2D eigenvalue weighted by molar-refractivity contribution is 5.88. The fourth-order valence-corrected chi connectivity index (χ4v) is 2.70. The van der Waals surface area contributed by atoms with Gasteiger partial charge in [0.2, 0.25) is 5.91 Å². The molecule has 0 bridgehead atoms. The Morgan fingerprint density at radius 2 is 2.05 bits per heavy atom. The average Bonchev–Trinajstić information content (AvgIpc) is 3.06. The highest BCUT2D eigenvalue weighted by atomic mass is 16.3. The van der Waals surface area contributed by atoms with Gasteiger partial charge in [0.15, 0.2) is 0 Å². The normalized spacial score (nSPS) is 16.4. The van der Waals surface area contributed by atoms with Crippen LogP contribution in [0.25, 0.3) is 11.0 Å². The molecule has 3 heteroatoms. The van der Waals surface area contributed by atoms with Gasteiger partial charge in [0.05, 0.1) is 6.04 Å². The van der Waals surface area contributed by atoms with E-state index in [1.807, 2.05) is 37.3 Å². The van der Waals surface area contributed by atoms with Crippen LogP contribution in [0.1, 0.15) is 44.4 Å². The summed E-state index contributed by atoms with van der Waals surface area (Å²) in [5.74, 6) is 0.777. The van der Waals surface area contributed by atoms with Crippen molar-refractivity contribution in [2.45, 2.75) is 38.6 Å². The monoisotopic (exact) mass is 269 g/mol. The molecule has 3 rings (SSSR count). The van der Waals surface area contributed by atoms with Crippen molar-refractivity contribution in [3.05, 3.63) is 47.7 Å². The number of hydrogen-bond acceptors (Lipinski definition) is 2. The zero-order chi connectivity index (χ0) is 13.9. The smallest absolute Gasteiger partial charge is 0.244 e. The van der Waals surface area contributed by atoms with Crippen LogP contribution >= 0.6 is 0 Å². The van der Waals surface area contributed by atoms with Gasteiger partial charge in [0.25, 0.3) is 0 Å². The Bertz CT molecular complexity index is 613. The van der Waals surface area contributed by atoms with Crippen molar-refractivity contribution in [3.63, 3.8) is 0 Å². The van der Waals surface area contributed by atoms with Crippen molar-refractivity contribution < 1.29 is 9.21 Å². The van der Waals surface area contributed by atoms with E-state index in [-0.39, 0.29) is 11.9 Å². The van der Waals surface area contributed by atoms with Gasteiger partial charge in [-0.05, 0) is 44.7 Å². The molecule has 104 valence electrons. The summed E-state index contributed by atoms with van der Waals surface area (Å²) in [5.41, 5.74) is 2.12. The Hall–Kier alpha value is -2.03. The molecule has 0 spiro atoms. The van der Waals surface area contributed by atoms with Crippen LogP contribution in [0.15, 0.2) is 46.4 Å². The van der Waals surface area contributed by atoms with E-state index in [9.17, 15) is 4.79 Å². The summed E-state index contributed by atoms with van der Waals surface area (Å²) in [6.07, 6.45) is 6.29. The van der Waals surface area contributed by atoms with Crippen LogP contribution in [0.2, 0.25) is 0 Å². The Balaban J connectivity index is 1.70. The molecule has 20 heavy (non-hydrogen) atoms. The summed E-state index contributed by atoms with van der Waals surface area (Å²) in [4.78, 5) is 12.0. The molecule has 1 saturated carbocycles. The van der Waals surface area contributed by atoms with Crippen LogP contribution in [0, 0.1) is 0 Å². The first-order valence-electron chi connectivity index (χ1n) is 7.21. The minimum atomic E-state index is -0.117. The first-order chi connectivity index (χ1) is 9.72. The number of rotatable bonds is 3. The van der Waals surface area contributed by atoms with Crippen LogP contribution in [-0.4, -0.2) is 5.91 Å². The van der Waals surface area contributed by atoms with E-state index >= 15 is 0 Å². The SMILES string of the molecule is C[C@@H](NC(=O)C=C1CCCC1)c1cc2ccccc2o1. The highest BCUT2D eigenvalue weighted by Crippen LogP contribution is 2.25. The minimum Gasteiger partial charge on any atom is -0.459 e. The van der Waals surface area contributed by atoms with E-state index in [4.69, 9.17) is 4.42 Å². The van der Waals surface area contributed by atoms with Gasteiger partial charge in [-0.3, -0.25) is 4.79 Å². The lowest BCUT2D eigenvalue weighted by Gasteiger charge is -2.09. The van der Waals surface area contributed by atoms with Crippen LogP contribution in [0.4, 0.5) is 0 Å². The summed E-state index contributed by atoms with van der Waals surface area (Å²) < 4.78 is 5.77. The highest BCUT2D eigenvalue weighted by Gasteiger charge is 2.14. The third kappa shape index (κ3) is 2.77. The molecule has 3 nitrogen and oxygen atoms in total. The molecular formula is C17H19NO2. The van der Waals surface area contributed by atoms with E-state index in [2.05, 4.69) is 5.32 Å². The van der Waals surface area contributed by atoms with Crippen LogP contribution < -0.4 is 5.32 Å². The van der Waals surface area contributed by atoms with E-state index < -0.39 is 0 Å². The number of allylic oxidation sites excluding steroid dienone is 1. The molecule has 1 N–H and O–H groups in total. The zero-order valence-electron chi connectivity index (χ0n) is 11.7. The predicted octanol–water partition coefficient (Wildman–Crippen LogP) is 4.11. The molecule has 1 aliphatic rings.